The molecule has 29 heavy (non-hydrogen) atoms. The fraction of sp³-hybridized carbons (Fsp3) is 0.333. The summed E-state index contributed by atoms with van der Waals surface area (Å²) in [5.74, 6) is -0.683. The van der Waals surface area contributed by atoms with Crippen LogP contribution in [0.2, 0.25) is 5.02 Å². The van der Waals surface area contributed by atoms with Gasteiger partial charge in [0.05, 0.1) is 21.9 Å². The van der Waals surface area contributed by atoms with Crippen molar-refractivity contribution in [2.75, 3.05) is 5.32 Å². The molecule has 0 radical (unpaired) electrons. The van der Waals surface area contributed by atoms with E-state index in [2.05, 4.69) is 10.6 Å². The van der Waals surface area contributed by atoms with Crippen molar-refractivity contribution in [3.05, 3.63) is 68.7 Å². The molecule has 2 aromatic carbocycles. The molecule has 0 aromatic heterocycles. The zero-order valence-corrected chi connectivity index (χ0v) is 16.6. The summed E-state index contributed by atoms with van der Waals surface area (Å²) >= 11 is 6.18. The molecule has 1 aliphatic rings. The van der Waals surface area contributed by atoms with Crippen LogP contribution in [0.15, 0.2) is 42.5 Å². The van der Waals surface area contributed by atoms with Crippen molar-refractivity contribution in [1.29, 1.82) is 0 Å². The monoisotopic (exact) mass is 415 g/mol. The van der Waals surface area contributed by atoms with Crippen LogP contribution in [0.4, 0.5) is 11.4 Å². The summed E-state index contributed by atoms with van der Waals surface area (Å²) in [6, 6.07) is 10.9. The molecule has 2 amide bonds. The summed E-state index contributed by atoms with van der Waals surface area (Å²) in [7, 11) is 0. The van der Waals surface area contributed by atoms with Crippen molar-refractivity contribution >= 4 is 34.8 Å². The first kappa shape index (κ1) is 20.8. The fourth-order valence-corrected chi connectivity index (χ4v) is 3.71. The lowest BCUT2D eigenvalue weighted by molar-refractivity contribution is -0.385. The Balaban J connectivity index is 1.68. The van der Waals surface area contributed by atoms with E-state index in [0.717, 1.165) is 25.7 Å². The van der Waals surface area contributed by atoms with Gasteiger partial charge in [-0.05, 0) is 31.0 Å². The van der Waals surface area contributed by atoms with Crippen molar-refractivity contribution in [1.82, 2.24) is 5.32 Å². The second-order valence-electron chi connectivity index (χ2n) is 7.11. The van der Waals surface area contributed by atoms with E-state index in [1.54, 1.807) is 30.3 Å². The predicted octanol–water partition coefficient (Wildman–Crippen LogP) is 4.49. The maximum Gasteiger partial charge on any atom is 0.273 e. The topological polar surface area (TPSA) is 101 Å². The second kappa shape index (κ2) is 9.52. The highest BCUT2D eigenvalue weighted by Gasteiger charge is 2.20. The molecule has 7 nitrogen and oxygen atoms in total. The molecule has 0 spiro atoms. The highest BCUT2D eigenvalue weighted by Crippen LogP contribution is 2.24. The molecule has 2 aromatic rings. The Bertz CT molecular complexity index is 926. The summed E-state index contributed by atoms with van der Waals surface area (Å²) in [5, 5.41) is 17.1. The number of para-hydroxylation sites is 1. The summed E-state index contributed by atoms with van der Waals surface area (Å²) in [6.07, 6.45) is 5.14. The number of carbonyl (C=O) groups excluding carboxylic acids is 2. The number of nitro benzene ring substituents is 1. The Morgan fingerprint density at radius 1 is 1.10 bits per heavy atom. The van der Waals surface area contributed by atoms with Gasteiger partial charge in [0.15, 0.2) is 0 Å². The normalized spacial score (nSPS) is 14.2. The van der Waals surface area contributed by atoms with E-state index >= 15 is 0 Å². The van der Waals surface area contributed by atoms with E-state index in [1.807, 2.05) is 0 Å². The van der Waals surface area contributed by atoms with Gasteiger partial charge in [0.1, 0.15) is 0 Å². The lowest BCUT2D eigenvalue weighted by Gasteiger charge is -2.23. The summed E-state index contributed by atoms with van der Waals surface area (Å²) < 4.78 is 0. The molecule has 8 heteroatoms. The largest absolute Gasteiger partial charge is 0.349 e. The molecule has 0 saturated heterocycles. The van der Waals surface area contributed by atoms with Gasteiger partial charge in [-0.15, -0.1) is 0 Å². The number of nitrogens with zero attached hydrogens (tertiary/aromatic N) is 1. The van der Waals surface area contributed by atoms with Crippen LogP contribution in [0.3, 0.4) is 0 Å². The van der Waals surface area contributed by atoms with Gasteiger partial charge < -0.3 is 10.6 Å². The third-order valence-corrected chi connectivity index (χ3v) is 5.30. The molecule has 2 N–H and O–H groups in total. The van der Waals surface area contributed by atoms with Crippen LogP contribution < -0.4 is 10.6 Å². The molecule has 1 saturated carbocycles. The van der Waals surface area contributed by atoms with Crippen LogP contribution in [0.5, 0.6) is 0 Å². The van der Waals surface area contributed by atoms with E-state index in [4.69, 9.17) is 11.6 Å². The Morgan fingerprint density at radius 2 is 1.83 bits per heavy atom. The van der Waals surface area contributed by atoms with Gasteiger partial charge in [0.25, 0.3) is 11.6 Å². The first-order valence-corrected chi connectivity index (χ1v) is 9.94. The molecule has 3 rings (SSSR count). The molecule has 0 atom stereocenters. The summed E-state index contributed by atoms with van der Waals surface area (Å²) in [5.41, 5.74) is 0.915. The minimum atomic E-state index is -0.515. The average Bonchev–Trinajstić information content (AvgIpc) is 2.70. The van der Waals surface area contributed by atoms with E-state index in [-0.39, 0.29) is 24.1 Å². The lowest BCUT2D eigenvalue weighted by atomic mass is 9.95. The van der Waals surface area contributed by atoms with Gasteiger partial charge >= 0.3 is 0 Å². The number of carbonyl (C=O) groups is 2. The molecule has 0 unspecified atom stereocenters. The highest BCUT2D eigenvalue weighted by atomic mass is 35.5. The van der Waals surface area contributed by atoms with Gasteiger partial charge in [-0.2, -0.15) is 0 Å². The van der Waals surface area contributed by atoms with E-state index < -0.39 is 10.8 Å². The number of rotatable bonds is 6. The van der Waals surface area contributed by atoms with E-state index in [0.29, 0.717) is 21.8 Å². The number of benzene rings is 2. The molecule has 1 aliphatic carbocycles. The maximum absolute atomic E-state index is 12.6. The van der Waals surface area contributed by atoms with Crippen LogP contribution in [0.1, 0.15) is 48.0 Å². The van der Waals surface area contributed by atoms with Gasteiger partial charge in [-0.25, -0.2) is 0 Å². The zero-order valence-electron chi connectivity index (χ0n) is 15.8. The Hall–Kier alpha value is -2.93. The molecule has 0 aliphatic heterocycles. The Kier molecular flexibility index (Phi) is 6.82. The quantitative estimate of drug-likeness (QED) is 0.536. The number of nitrogens with one attached hydrogen (secondary N) is 2. The van der Waals surface area contributed by atoms with Crippen LogP contribution in [0, 0.1) is 10.1 Å². The molecule has 152 valence electrons. The predicted molar refractivity (Wildman–Crippen MR) is 111 cm³/mol. The second-order valence-corrected chi connectivity index (χ2v) is 7.52. The third kappa shape index (κ3) is 5.54. The smallest absolute Gasteiger partial charge is 0.273 e. The van der Waals surface area contributed by atoms with Crippen molar-refractivity contribution in [2.24, 2.45) is 0 Å². The Labute approximate surface area is 173 Å². The molecule has 0 bridgehead atoms. The third-order valence-electron chi connectivity index (χ3n) is 4.97. The van der Waals surface area contributed by atoms with Crippen molar-refractivity contribution in [2.45, 2.75) is 44.6 Å². The molecule has 0 heterocycles. The first-order valence-electron chi connectivity index (χ1n) is 9.56. The van der Waals surface area contributed by atoms with Gasteiger partial charge in [-0.3, -0.25) is 19.7 Å². The summed E-state index contributed by atoms with van der Waals surface area (Å²) in [6.45, 7) is 0. The average molecular weight is 416 g/mol. The summed E-state index contributed by atoms with van der Waals surface area (Å²) in [4.78, 5) is 35.6. The minimum absolute atomic E-state index is 0.105. The number of hydrogen-bond donors (Lipinski definition) is 2. The maximum atomic E-state index is 12.6. The SMILES string of the molecule is O=C(Cc1ccccc1[N+](=O)[O-])Nc1ccc(Cl)c(C(=O)NC2CCCCC2)c1. The Morgan fingerprint density at radius 3 is 2.55 bits per heavy atom. The van der Waals surface area contributed by atoms with Crippen molar-refractivity contribution in [3.63, 3.8) is 0 Å². The van der Waals surface area contributed by atoms with Crippen molar-refractivity contribution in [3.8, 4) is 0 Å². The fourth-order valence-electron chi connectivity index (χ4n) is 3.50. The standard InChI is InChI=1S/C21H22ClN3O4/c22-18-11-10-16(13-17(18)21(27)24-15-7-2-1-3-8-15)23-20(26)12-14-6-4-5-9-19(14)25(28)29/h4-6,9-11,13,15H,1-3,7-8,12H2,(H,23,26)(H,24,27). The zero-order chi connectivity index (χ0) is 20.8. The van der Waals surface area contributed by atoms with Crippen LogP contribution in [-0.4, -0.2) is 22.8 Å². The van der Waals surface area contributed by atoms with Crippen LogP contribution in [-0.2, 0) is 11.2 Å². The molecular weight excluding hydrogens is 394 g/mol. The molecule has 1 fully saturated rings. The number of amides is 2. The van der Waals surface area contributed by atoms with Gasteiger partial charge in [-0.1, -0.05) is 49.1 Å². The minimum Gasteiger partial charge on any atom is -0.349 e. The number of nitro groups is 1. The van der Waals surface area contributed by atoms with Crippen LogP contribution in [0.25, 0.3) is 0 Å². The van der Waals surface area contributed by atoms with Gasteiger partial charge in [0, 0.05) is 23.4 Å². The number of hydrogen-bond acceptors (Lipinski definition) is 4. The van der Waals surface area contributed by atoms with Gasteiger partial charge in [0.2, 0.25) is 5.91 Å². The van der Waals surface area contributed by atoms with Crippen LogP contribution >= 0.6 is 11.6 Å². The van der Waals surface area contributed by atoms with E-state index in [9.17, 15) is 19.7 Å². The van der Waals surface area contributed by atoms with Crippen molar-refractivity contribution < 1.29 is 14.5 Å². The van der Waals surface area contributed by atoms with E-state index in [1.165, 1.54) is 18.6 Å². The lowest BCUT2D eigenvalue weighted by Crippen LogP contribution is -2.36. The first-order chi connectivity index (χ1) is 13.9. The molecular formula is C21H22ClN3O4. The number of halogens is 1. The number of anilines is 1. The highest BCUT2D eigenvalue weighted by molar-refractivity contribution is 6.34.